The number of nitrogens with zero attached hydrogens (tertiary/aromatic N) is 3. The fourth-order valence-electron chi connectivity index (χ4n) is 4.24. The van der Waals surface area contributed by atoms with Crippen LogP contribution in [0.3, 0.4) is 0 Å². The van der Waals surface area contributed by atoms with E-state index in [0.717, 1.165) is 5.56 Å². The normalized spacial score (nSPS) is 24.2. The highest BCUT2D eigenvalue weighted by molar-refractivity contribution is 5.95. The Morgan fingerprint density at radius 2 is 2.00 bits per heavy atom. The Morgan fingerprint density at radius 1 is 1.25 bits per heavy atom. The van der Waals surface area contributed by atoms with E-state index in [4.69, 9.17) is 9.26 Å². The third-order valence-electron chi connectivity index (χ3n) is 5.42. The van der Waals surface area contributed by atoms with Crippen LogP contribution >= 0.6 is 0 Å². The highest BCUT2D eigenvalue weighted by Gasteiger charge is 2.51. The van der Waals surface area contributed by atoms with Gasteiger partial charge in [0.1, 0.15) is 6.54 Å². The molecule has 0 unspecified atom stereocenters. The molecule has 0 bridgehead atoms. The first-order valence-electron chi connectivity index (χ1n) is 9.16. The van der Waals surface area contributed by atoms with Gasteiger partial charge in [-0.05, 0) is 18.9 Å². The first-order valence-corrected chi connectivity index (χ1v) is 9.16. The maximum Gasteiger partial charge on any atom is 0.311 e. The van der Waals surface area contributed by atoms with E-state index in [9.17, 15) is 14.4 Å². The SMILES string of the molecule is COC(=O)[C@H]1C[C@H]2CN(C(=O)c3cc(C)no3)CC(=O)N2[C@H]1c1ccccc1. The summed E-state index contributed by atoms with van der Waals surface area (Å²) < 4.78 is 10.0. The Bertz CT molecular complexity index is 910. The van der Waals surface area contributed by atoms with E-state index in [0.29, 0.717) is 18.7 Å². The summed E-state index contributed by atoms with van der Waals surface area (Å²) in [5.74, 6) is -1.27. The molecule has 2 aliphatic heterocycles. The molecule has 0 saturated carbocycles. The number of aromatic nitrogens is 1. The number of ether oxygens (including phenoxy) is 1. The zero-order valence-electron chi connectivity index (χ0n) is 15.7. The van der Waals surface area contributed by atoms with Crippen LogP contribution in [-0.2, 0) is 14.3 Å². The van der Waals surface area contributed by atoms with E-state index in [1.54, 1.807) is 17.9 Å². The van der Waals surface area contributed by atoms with Crippen LogP contribution in [-0.4, -0.2) is 59.0 Å². The third kappa shape index (κ3) is 3.04. The number of rotatable bonds is 3. The smallest absolute Gasteiger partial charge is 0.311 e. The maximum absolute atomic E-state index is 13.0. The van der Waals surface area contributed by atoms with Crippen molar-refractivity contribution < 1.29 is 23.6 Å². The Balaban J connectivity index is 1.62. The van der Waals surface area contributed by atoms with Gasteiger partial charge < -0.3 is 19.1 Å². The maximum atomic E-state index is 13.0. The number of carbonyl (C=O) groups excluding carboxylic acids is 3. The molecule has 1 aromatic heterocycles. The number of fused-ring (bicyclic) bond motifs is 1. The van der Waals surface area contributed by atoms with Gasteiger partial charge in [-0.1, -0.05) is 35.5 Å². The Labute approximate surface area is 162 Å². The van der Waals surface area contributed by atoms with E-state index in [1.165, 1.54) is 12.0 Å². The second-order valence-electron chi connectivity index (χ2n) is 7.19. The summed E-state index contributed by atoms with van der Waals surface area (Å²) in [5.41, 5.74) is 1.49. The molecule has 146 valence electrons. The molecule has 8 heteroatoms. The molecule has 8 nitrogen and oxygen atoms in total. The van der Waals surface area contributed by atoms with Gasteiger partial charge in [0, 0.05) is 12.6 Å². The predicted octanol–water partition coefficient (Wildman–Crippen LogP) is 1.57. The van der Waals surface area contributed by atoms with Crippen molar-refractivity contribution in [1.29, 1.82) is 0 Å². The Hall–Kier alpha value is -3.16. The minimum Gasteiger partial charge on any atom is -0.469 e. The summed E-state index contributed by atoms with van der Waals surface area (Å²) in [6.45, 7) is 2.00. The van der Waals surface area contributed by atoms with E-state index < -0.39 is 12.0 Å². The lowest BCUT2D eigenvalue weighted by Gasteiger charge is -2.39. The fourth-order valence-corrected chi connectivity index (χ4v) is 4.24. The van der Waals surface area contributed by atoms with Crippen LogP contribution in [0.15, 0.2) is 40.9 Å². The lowest BCUT2D eigenvalue weighted by atomic mass is 9.93. The van der Waals surface area contributed by atoms with Gasteiger partial charge in [-0.2, -0.15) is 0 Å². The quantitative estimate of drug-likeness (QED) is 0.747. The molecule has 2 amide bonds. The summed E-state index contributed by atoms with van der Waals surface area (Å²) in [7, 11) is 1.35. The lowest BCUT2D eigenvalue weighted by Crippen LogP contribution is -2.55. The van der Waals surface area contributed by atoms with E-state index in [-0.39, 0.29) is 36.1 Å². The van der Waals surface area contributed by atoms with E-state index in [2.05, 4.69) is 5.16 Å². The number of carbonyl (C=O) groups is 3. The number of piperazine rings is 1. The molecule has 0 spiro atoms. The van der Waals surface area contributed by atoms with Crippen LogP contribution < -0.4 is 0 Å². The van der Waals surface area contributed by atoms with Crippen LogP contribution in [0, 0.1) is 12.8 Å². The molecule has 3 atom stereocenters. The van der Waals surface area contributed by atoms with Crippen LogP contribution in [0.2, 0.25) is 0 Å². The molecular weight excluding hydrogens is 362 g/mol. The van der Waals surface area contributed by atoms with Crippen molar-refractivity contribution in [3.05, 3.63) is 53.4 Å². The van der Waals surface area contributed by atoms with Crippen molar-refractivity contribution in [2.75, 3.05) is 20.2 Å². The molecule has 2 fully saturated rings. The molecule has 0 aliphatic carbocycles. The van der Waals surface area contributed by atoms with Gasteiger partial charge in [0.2, 0.25) is 11.7 Å². The average Bonchev–Trinajstić information content (AvgIpc) is 3.31. The van der Waals surface area contributed by atoms with Crippen molar-refractivity contribution in [3.8, 4) is 0 Å². The van der Waals surface area contributed by atoms with Crippen molar-refractivity contribution in [1.82, 2.24) is 15.0 Å². The summed E-state index contributed by atoms with van der Waals surface area (Å²) in [5, 5.41) is 3.74. The Kier molecular flexibility index (Phi) is 4.62. The number of hydrogen-bond donors (Lipinski definition) is 0. The minimum atomic E-state index is -0.469. The van der Waals surface area contributed by atoms with Gasteiger partial charge in [0.05, 0.1) is 30.8 Å². The van der Waals surface area contributed by atoms with Gasteiger partial charge >= 0.3 is 5.97 Å². The number of esters is 1. The van der Waals surface area contributed by atoms with E-state index >= 15 is 0 Å². The van der Waals surface area contributed by atoms with Gasteiger partial charge in [-0.15, -0.1) is 0 Å². The number of methoxy groups -OCH3 is 1. The zero-order valence-corrected chi connectivity index (χ0v) is 15.7. The summed E-state index contributed by atoms with van der Waals surface area (Å²) in [4.78, 5) is 41.3. The second kappa shape index (κ2) is 7.10. The van der Waals surface area contributed by atoms with Crippen LogP contribution in [0.5, 0.6) is 0 Å². The predicted molar refractivity (Wildman–Crippen MR) is 97.1 cm³/mol. The van der Waals surface area contributed by atoms with E-state index in [1.807, 2.05) is 30.3 Å². The summed E-state index contributed by atoms with van der Waals surface area (Å²) in [6, 6.07) is 10.4. The molecule has 28 heavy (non-hydrogen) atoms. The minimum absolute atomic E-state index is 0.0632. The van der Waals surface area contributed by atoms with Crippen molar-refractivity contribution in [3.63, 3.8) is 0 Å². The molecule has 2 aromatic rings. The molecule has 4 rings (SSSR count). The van der Waals surface area contributed by atoms with Crippen LogP contribution in [0.1, 0.15) is 34.3 Å². The number of hydrogen-bond acceptors (Lipinski definition) is 6. The van der Waals surface area contributed by atoms with Crippen LogP contribution in [0.4, 0.5) is 0 Å². The van der Waals surface area contributed by atoms with Crippen molar-refractivity contribution >= 4 is 17.8 Å². The average molecular weight is 383 g/mol. The number of aryl methyl sites for hydroxylation is 1. The molecule has 0 radical (unpaired) electrons. The van der Waals surface area contributed by atoms with Gasteiger partial charge in [-0.3, -0.25) is 14.4 Å². The molecule has 2 aliphatic rings. The van der Waals surface area contributed by atoms with Gasteiger partial charge in [0.15, 0.2) is 0 Å². The lowest BCUT2D eigenvalue weighted by molar-refractivity contribution is -0.147. The molecule has 0 N–H and O–H groups in total. The first-order chi connectivity index (χ1) is 13.5. The van der Waals surface area contributed by atoms with Crippen molar-refractivity contribution in [2.24, 2.45) is 5.92 Å². The van der Waals surface area contributed by atoms with Gasteiger partial charge in [0.25, 0.3) is 5.91 Å². The van der Waals surface area contributed by atoms with Crippen molar-refractivity contribution in [2.45, 2.75) is 25.4 Å². The zero-order chi connectivity index (χ0) is 19.8. The second-order valence-corrected chi connectivity index (χ2v) is 7.19. The Morgan fingerprint density at radius 3 is 2.64 bits per heavy atom. The third-order valence-corrected chi connectivity index (χ3v) is 5.42. The highest BCUT2D eigenvalue weighted by Crippen LogP contribution is 2.43. The largest absolute Gasteiger partial charge is 0.469 e. The number of benzene rings is 1. The first kappa shape index (κ1) is 18.2. The molecule has 2 saturated heterocycles. The molecular formula is C20H21N3O5. The molecule has 1 aromatic carbocycles. The topological polar surface area (TPSA) is 93.0 Å². The standard InChI is InChI=1S/C20H21N3O5/c1-12-8-16(28-21-12)19(25)22-10-14-9-15(20(26)27-2)18(23(14)17(24)11-22)13-6-4-3-5-7-13/h3-8,14-15,18H,9-11H2,1-2H3/t14-,15-,18-/m0/s1. The number of amides is 2. The van der Waals surface area contributed by atoms with Crippen LogP contribution in [0.25, 0.3) is 0 Å². The highest BCUT2D eigenvalue weighted by atomic mass is 16.5. The summed E-state index contributed by atoms with van der Waals surface area (Å²) >= 11 is 0. The fraction of sp³-hybridized carbons (Fsp3) is 0.400. The van der Waals surface area contributed by atoms with Gasteiger partial charge in [-0.25, -0.2) is 0 Å². The monoisotopic (exact) mass is 383 g/mol. The molecule has 3 heterocycles. The summed E-state index contributed by atoms with van der Waals surface area (Å²) in [6.07, 6.45) is 0.442.